The molecule has 3 nitrogen and oxygen atoms in total. The van der Waals surface area contributed by atoms with Gasteiger partial charge in [-0.05, 0) is 23.3 Å². The lowest BCUT2D eigenvalue weighted by Gasteiger charge is -1.96. The van der Waals surface area contributed by atoms with Crippen LogP contribution in [0.2, 0.25) is 0 Å². The van der Waals surface area contributed by atoms with E-state index in [2.05, 4.69) is 15.9 Å². The standard InChI is InChI=1S/C17H13BrO3/c18-12-8-4-7-11(9-12)15-17(21-15)13(19)16-14(20-16)10-5-2-1-3-6-10/h1-9,14-17H/t14-,15+,16+,17-/m0/s1. The molecule has 0 unspecified atom stereocenters. The van der Waals surface area contributed by atoms with Crippen molar-refractivity contribution in [2.75, 3.05) is 0 Å². The van der Waals surface area contributed by atoms with Crippen LogP contribution in [0.15, 0.2) is 59.1 Å². The fraction of sp³-hybridized carbons (Fsp3) is 0.235. The van der Waals surface area contributed by atoms with Gasteiger partial charge in [-0.3, -0.25) is 4.79 Å². The molecule has 2 aliphatic rings. The van der Waals surface area contributed by atoms with E-state index < -0.39 is 0 Å². The average Bonchev–Trinajstić information content (AvgIpc) is 3.39. The highest BCUT2D eigenvalue weighted by Crippen LogP contribution is 2.47. The molecule has 2 aliphatic heterocycles. The van der Waals surface area contributed by atoms with E-state index in [-0.39, 0.29) is 30.2 Å². The second-order valence-electron chi connectivity index (χ2n) is 5.32. The van der Waals surface area contributed by atoms with Crippen molar-refractivity contribution in [3.05, 3.63) is 70.2 Å². The van der Waals surface area contributed by atoms with Gasteiger partial charge in [-0.1, -0.05) is 58.4 Å². The first-order chi connectivity index (χ1) is 10.2. The van der Waals surface area contributed by atoms with Gasteiger partial charge in [-0.25, -0.2) is 0 Å². The number of halogens is 1. The number of hydrogen-bond donors (Lipinski definition) is 0. The molecule has 0 N–H and O–H groups in total. The van der Waals surface area contributed by atoms with Crippen LogP contribution < -0.4 is 0 Å². The molecular weight excluding hydrogens is 332 g/mol. The molecule has 0 radical (unpaired) electrons. The maximum Gasteiger partial charge on any atom is 0.196 e. The minimum Gasteiger partial charge on any atom is -0.356 e. The predicted molar refractivity (Wildman–Crippen MR) is 80.8 cm³/mol. The number of carbonyl (C=O) groups is 1. The number of ketones is 1. The summed E-state index contributed by atoms with van der Waals surface area (Å²) in [6, 6.07) is 17.7. The Morgan fingerprint density at radius 2 is 1.48 bits per heavy atom. The average molecular weight is 345 g/mol. The van der Waals surface area contributed by atoms with Crippen molar-refractivity contribution >= 4 is 21.7 Å². The number of epoxide rings is 2. The summed E-state index contributed by atoms with van der Waals surface area (Å²) in [5, 5.41) is 0. The summed E-state index contributed by atoms with van der Waals surface area (Å²) in [6.07, 6.45) is -0.950. The largest absolute Gasteiger partial charge is 0.356 e. The summed E-state index contributed by atoms with van der Waals surface area (Å²) >= 11 is 3.43. The maximum absolute atomic E-state index is 12.4. The predicted octanol–water partition coefficient (Wildman–Crippen LogP) is 3.60. The van der Waals surface area contributed by atoms with Crippen molar-refractivity contribution in [3.8, 4) is 0 Å². The zero-order valence-corrected chi connectivity index (χ0v) is 12.7. The lowest BCUT2D eigenvalue weighted by molar-refractivity contribution is -0.121. The zero-order valence-electron chi connectivity index (χ0n) is 11.1. The number of carbonyl (C=O) groups excluding carboxylic acids is 1. The van der Waals surface area contributed by atoms with Crippen molar-refractivity contribution < 1.29 is 14.3 Å². The number of Topliss-reactive ketones (excluding diaryl/α,β-unsaturated/α-hetero) is 1. The molecule has 21 heavy (non-hydrogen) atoms. The van der Waals surface area contributed by atoms with Crippen LogP contribution in [0.3, 0.4) is 0 Å². The summed E-state index contributed by atoms with van der Waals surface area (Å²) in [7, 11) is 0. The fourth-order valence-electron chi connectivity index (χ4n) is 2.65. The van der Waals surface area contributed by atoms with E-state index in [1.807, 2.05) is 54.6 Å². The molecule has 2 heterocycles. The normalized spacial score (nSPS) is 30.0. The van der Waals surface area contributed by atoms with Crippen molar-refractivity contribution in [2.45, 2.75) is 24.4 Å². The molecule has 2 aromatic rings. The van der Waals surface area contributed by atoms with Crippen molar-refractivity contribution in [2.24, 2.45) is 0 Å². The number of benzene rings is 2. The van der Waals surface area contributed by atoms with E-state index >= 15 is 0 Å². The van der Waals surface area contributed by atoms with E-state index in [4.69, 9.17) is 9.47 Å². The topological polar surface area (TPSA) is 42.1 Å². The highest BCUT2D eigenvalue weighted by molar-refractivity contribution is 9.10. The molecule has 4 heteroatoms. The van der Waals surface area contributed by atoms with Crippen LogP contribution in [0, 0.1) is 0 Å². The van der Waals surface area contributed by atoms with Gasteiger partial charge in [0.15, 0.2) is 5.78 Å². The Kier molecular flexibility index (Phi) is 3.17. The number of ether oxygens (including phenoxy) is 2. The molecule has 0 bridgehead atoms. The number of hydrogen-bond acceptors (Lipinski definition) is 3. The molecule has 0 saturated carbocycles. The molecule has 2 saturated heterocycles. The molecule has 0 spiro atoms. The third kappa shape index (κ3) is 2.55. The van der Waals surface area contributed by atoms with Gasteiger partial charge < -0.3 is 9.47 Å². The molecule has 0 aliphatic carbocycles. The Morgan fingerprint density at radius 1 is 0.857 bits per heavy atom. The van der Waals surface area contributed by atoms with Gasteiger partial charge in [-0.15, -0.1) is 0 Å². The lowest BCUT2D eigenvalue weighted by Crippen LogP contribution is -2.15. The van der Waals surface area contributed by atoms with Crippen LogP contribution in [0.1, 0.15) is 23.3 Å². The molecule has 106 valence electrons. The lowest BCUT2D eigenvalue weighted by atomic mass is 10.0. The smallest absolute Gasteiger partial charge is 0.196 e. The van der Waals surface area contributed by atoms with Crippen LogP contribution in [-0.2, 0) is 14.3 Å². The molecule has 0 aromatic heterocycles. The third-order valence-corrected chi connectivity index (χ3v) is 4.34. The summed E-state index contributed by atoms with van der Waals surface area (Å²) in [5.74, 6) is 0.0498. The van der Waals surface area contributed by atoms with Crippen molar-refractivity contribution in [3.63, 3.8) is 0 Å². The van der Waals surface area contributed by atoms with Crippen LogP contribution in [0.5, 0.6) is 0 Å². The number of rotatable bonds is 4. The Morgan fingerprint density at radius 3 is 2.14 bits per heavy atom. The van der Waals surface area contributed by atoms with Gasteiger partial charge in [-0.2, -0.15) is 0 Å². The van der Waals surface area contributed by atoms with Crippen molar-refractivity contribution in [1.29, 1.82) is 0 Å². The first kappa shape index (κ1) is 13.2. The Labute approximate surface area is 131 Å². The van der Waals surface area contributed by atoms with E-state index in [9.17, 15) is 4.79 Å². The molecule has 2 fully saturated rings. The van der Waals surface area contributed by atoms with E-state index in [1.165, 1.54) is 0 Å². The zero-order chi connectivity index (χ0) is 14.4. The first-order valence-electron chi connectivity index (χ1n) is 6.89. The Hall–Kier alpha value is -1.49. The van der Waals surface area contributed by atoms with Gasteiger partial charge >= 0.3 is 0 Å². The van der Waals surface area contributed by atoms with Gasteiger partial charge in [0.05, 0.1) is 0 Å². The monoisotopic (exact) mass is 344 g/mol. The van der Waals surface area contributed by atoms with Gasteiger partial charge in [0.2, 0.25) is 0 Å². The molecule has 4 atom stereocenters. The summed E-state index contributed by atoms with van der Waals surface area (Å²) in [5.41, 5.74) is 2.08. The highest BCUT2D eigenvalue weighted by atomic mass is 79.9. The van der Waals surface area contributed by atoms with E-state index in [1.54, 1.807) is 0 Å². The first-order valence-corrected chi connectivity index (χ1v) is 7.68. The van der Waals surface area contributed by atoms with Crippen LogP contribution >= 0.6 is 15.9 Å². The van der Waals surface area contributed by atoms with Crippen LogP contribution in [-0.4, -0.2) is 18.0 Å². The van der Waals surface area contributed by atoms with Gasteiger partial charge in [0, 0.05) is 4.47 Å². The highest BCUT2D eigenvalue weighted by Gasteiger charge is 2.56. The Bertz CT molecular complexity index is 685. The molecule has 4 rings (SSSR count). The second-order valence-corrected chi connectivity index (χ2v) is 6.24. The van der Waals surface area contributed by atoms with Crippen molar-refractivity contribution in [1.82, 2.24) is 0 Å². The van der Waals surface area contributed by atoms with Gasteiger partial charge in [0.1, 0.15) is 24.4 Å². The quantitative estimate of drug-likeness (QED) is 0.796. The maximum atomic E-state index is 12.4. The second kappa shape index (κ2) is 5.05. The van der Waals surface area contributed by atoms with Gasteiger partial charge in [0.25, 0.3) is 0 Å². The SMILES string of the molecule is O=C([C@H]1O[C@H]1c1ccccc1)[C@@H]1O[C@@H]1c1cccc(Br)c1. The fourth-order valence-corrected chi connectivity index (χ4v) is 3.07. The van der Waals surface area contributed by atoms with Crippen LogP contribution in [0.25, 0.3) is 0 Å². The van der Waals surface area contributed by atoms with E-state index in [0.29, 0.717) is 0 Å². The minimum absolute atomic E-state index is 0.0498. The van der Waals surface area contributed by atoms with E-state index in [0.717, 1.165) is 15.6 Å². The summed E-state index contributed by atoms with van der Waals surface area (Å²) in [4.78, 5) is 12.4. The molecular formula is C17H13BrO3. The molecule has 0 amide bonds. The molecule has 2 aromatic carbocycles. The minimum atomic E-state index is -0.363. The summed E-state index contributed by atoms with van der Waals surface area (Å²) in [6.45, 7) is 0. The Balaban J connectivity index is 1.42. The summed E-state index contributed by atoms with van der Waals surface area (Å²) < 4.78 is 12.1. The van der Waals surface area contributed by atoms with Crippen LogP contribution in [0.4, 0.5) is 0 Å². The third-order valence-electron chi connectivity index (χ3n) is 3.85.